The molecule has 0 fully saturated rings. The van der Waals surface area contributed by atoms with Crippen LogP contribution in [0.25, 0.3) is 6.08 Å². The van der Waals surface area contributed by atoms with E-state index in [0.717, 1.165) is 6.08 Å². The van der Waals surface area contributed by atoms with Gasteiger partial charge in [0.2, 0.25) is 5.91 Å². The van der Waals surface area contributed by atoms with Crippen LogP contribution in [0.5, 0.6) is 0 Å². The van der Waals surface area contributed by atoms with E-state index in [9.17, 15) is 22.8 Å². The van der Waals surface area contributed by atoms with Gasteiger partial charge in [0.1, 0.15) is 0 Å². The van der Waals surface area contributed by atoms with E-state index in [-0.39, 0.29) is 11.5 Å². The van der Waals surface area contributed by atoms with Crippen molar-refractivity contribution in [1.82, 2.24) is 10.6 Å². The Morgan fingerprint density at radius 2 is 1.62 bits per heavy atom. The second-order valence-electron chi connectivity index (χ2n) is 5.43. The molecule has 2 amide bonds. The summed E-state index contributed by atoms with van der Waals surface area (Å²) in [6.07, 6.45) is -2.21. The number of nitrogens with one attached hydrogen (secondary N) is 2. The number of halogens is 3. The van der Waals surface area contributed by atoms with Crippen molar-refractivity contribution in [1.29, 1.82) is 0 Å². The van der Waals surface area contributed by atoms with Crippen LogP contribution in [0.3, 0.4) is 0 Å². The third kappa shape index (κ3) is 5.20. The quantitative estimate of drug-likeness (QED) is 0.800. The molecule has 7 heteroatoms. The van der Waals surface area contributed by atoms with Crippen LogP contribution in [0.15, 0.2) is 60.7 Å². The number of carbonyl (C=O) groups is 2. The van der Waals surface area contributed by atoms with Gasteiger partial charge in [-0.2, -0.15) is 13.2 Å². The molecule has 0 aliphatic rings. The fourth-order valence-electron chi connectivity index (χ4n) is 2.25. The Balaban J connectivity index is 2.08. The van der Waals surface area contributed by atoms with Gasteiger partial charge in [-0.1, -0.05) is 42.5 Å². The maximum atomic E-state index is 13.2. The van der Waals surface area contributed by atoms with Gasteiger partial charge in [-0.05, 0) is 29.3 Å². The molecule has 1 atom stereocenters. The molecule has 0 saturated heterocycles. The zero-order valence-electron chi connectivity index (χ0n) is 13.9. The van der Waals surface area contributed by atoms with E-state index >= 15 is 0 Å². The normalized spacial score (nSPS) is 12.6. The molecule has 0 aliphatic carbocycles. The van der Waals surface area contributed by atoms with Crippen LogP contribution < -0.4 is 10.6 Å². The Hall–Kier alpha value is -3.09. The van der Waals surface area contributed by atoms with Crippen molar-refractivity contribution in [2.24, 2.45) is 0 Å². The van der Waals surface area contributed by atoms with E-state index in [1.54, 1.807) is 30.3 Å². The molecular weight excluding hydrogens is 345 g/mol. The van der Waals surface area contributed by atoms with Gasteiger partial charge in [-0.3, -0.25) is 9.59 Å². The van der Waals surface area contributed by atoms with Crippen LogP contribution >= 0.6 is 0 Å². The van der Waals surface area contributed by atoms with Crippen molar-refractivity contribution in [3.05, 3.63) is 77.4 Å². The summed E-state index contributed by atoms with van der Waals surface area (Å²) < 4.78 is 39.6. The number of hydrogen-bond acceptors (Lipinski definition) is 2. The molecule has 2 rings (SSSR count). The van der Waals surface area contributed by atoms with Crippen LogP contribution in [-0.4, -0.2) is 25.0 Å². The lowest BCUT2D eigenvalue weighted by Crippen LogP contribution is -2.37. The number of amides is 2. The predicted molar refractivity (Wildman–Crippen MR) is 92.2 cm³/mol. The molecular formula is C19H17F3N2O2. The monoisotopic (exact) mass is 362 g/mol. The molecule has 136 valence electrons. The highest BCUT2D eigenvalue weighted by Crippen LogP contribution is 2.32. The summed E-state index contributed by atoms with van der Waals surface area (Å²) in [7, 11) is 1.50. The summed E-state index contributed by atoms with van der Waals surface area (Å²) in [6.45, 7) is 0. The average Bonchev–Trinajstić information content (AvgIpc) is 2.64. The van der Waals surface area contributed by atoms with Crippen LogP contribution in [0.4, 0.5) is 13.2 Å². The molecule has 0 spiro atoms. The third-order valence-electron chi connectivity index (χ3n) is 3.57. The van der Waals surface area contributed by atoms with Gasteiger partial charge in [0.15, 0.2) is 6.04 Å². The molecule has 0 heterocycles. The molecule has 0 aromatic heterocycles. The number of alkyl halides is 3. The molecule has 0 saturated carbocycles. The molecule has 0 bridgehead atoms. The number of benzene rings is 2. The molecule has 4 nitrogen and oxygen atoms in total. The van der Waals surface area contributed by atoms with E-state index in [1.807, 2.05) is 5.32 Å². The fourth-order valence-corrected chi connectivity index (χ4v) is 2.25. The highest BCUT2D eigenvalue weighted by Gasteiger charge is 2.41. The molecule has 2 aromatic rings. The van der Waals surface area contributed by atoms with Crippen LogP contribution in [-0.2, 0) is 4.79 Å². The van der Waals surface area contributed by atoms with Gasteiger partial charge in [0.25, 0.3) is 5.91 Å². The Bertz CT molecular complexity index is 785. The Morgan fingerprint density at radius 3 is 2.15 bits per heavy atom. The SMILES string of the molecule is CNC(=O)c1ccc(/C=C/C(=O)NC(c2ccccc2)C(F)(F)F)cc1. The first-order valence-electron chi connectivity index (χ1n) is 7.73. The molecule has 1 unspecified atom stereocenters. The van der Waals surface area contributed by atoms with E-state index in [1.165, 1.54) is 37.4 Å². The fraction of sp³-hybridized carbons (Fsp3) is 0.158. The topological polar surface area (TPSA) is 58.2 Å². The lowest BCUT2D eigenvalue weighted by atomic mass is 10.1. The highest BCUT2D eigenvalue weighted by atomic mass is 19.4. The summed E-state index contributed by atoms with van der Waals surface area (Å²) in [6, 6.07) is 11.4. The van der Waals surface area contributed by atoms with Crippen molar-refractivity contribution in [3.8, 4) is 0 Å². The molecule has 2 aromatic carbocycles. The van der Waals surface area contributed by atoms with Gasteiger partial charge < -0.3 is 10.6 Å². The van der Waals surface area contributed by atoms with Gasteiger partial charge in [0, 0.05) is 18.7 Å². The first-order chi connectivity index (χ1) is 12.3. The molecule has 2 N–H and O–H groups in total. The Morgan fingerprint density at radius 1 is 1.00 bits per heavy atom. The van der Waals surface area contributed by atoms with Crippen molar-refractivity contribution < 1.29 is 22.8 Å². The number of hydrogen-bond donors (Lipinski definition) is 2. The lowest BCUT2D eigenvalue weighted by molar-refractivity contribution is -0.162. The predicted octanol–water partition coefficient (Wildman–Crippen LogP) is 3.48. The van der Waals surface area contributed by atoms with Crippen LogP contribution in [0.2, 0.25) is 0 Å². The summed E-state index contributed by atoms with van der Waals surface area (Å²) >= 11 is 0. The first kappa shape index (κ1) is 19.2. The van der Waals surface area contributed by atoms with Crippen molar-refractivity contribution in [2.45, 2.75) is 12.2 Å². The molecule has 26 heavy (non-hydrogen) atoms. The summed E-state index contributed by atoms with van der Waals surface area (Å²) in [5.74, 6) is -1.12. The van der Waals surface area contributed by atoms with E-state index < -0.39 is 18.1 Å². The maximum Gasteiger partial charge on any atom is 0.412 e. The minimum Gasteiger partial charge on any atom is -0.355 e. The van der Waals surface area contributed by atoms with Crippen LogP contribution in [0, 0.1) is 0 Å². The van der Waals surface area contributed by atoms with Crippen molar-refractivity contribution in [3.63, 3.8) is 0 Å². The van der Waals surface area contributed by atoms with Gasteiger partial charge in [0.05, 0.1) is 0 Å². The minimum atomic E-state index is -4.61. The lowest BCUT2D eigenvalue weighted by Gasteiger charge is -2.21. The van der Waals surface area contributed by atoms with Gasteiger partial charge >= 0.3 is 6.18 Å². The largest absolute Gasteiger partial charge is 0.412 e. The summed E-state index contributed by atoms with van der Waals surface area (Å²) in [5, 5.41) is 4.44. The zero-order chi connectivity index (χ0) is 19.2. The highest BCUT2D eigenvalue weighted by molar-refractivity contribution is 5.95. The van der Waals surface area contributed by atoms with E-state index in [0.29, 0.717) is 11.1 Å². The van der Waals surface area contributed by atoms with Crippen molar-refractivity contribution >= 4 is 17.9 Å². The van der Waals surface area contributed by atoms with Crippen molar-refractivity contribution in [2.75, 3.05) is 7.05 Å². The Labute approximate surface area is 148 Å². The number of rotatable bonds is 5. The van der Waals surface area contributed by atoms with Gasteiger partial charge in [-0.25, -0.2) is 0 Å². The maximum absolute atomic E-state index is 13.2. The second-order valence-corrected chi connectivity index (χ2v) is 5.43. The van der Waals surface area contributed by atoms with Gasteiger partial charge in [-0.15, -0.1) is 0 Å². The van der Waals surface area contributed by atoms with E-state index in [2.05, 4.69) is 5.32 Å². The number of carbonyl (C=O) groups excluding carboxylic acids is 2. The van der Waals surface area contributed by atoms with Crippen LogP contribution in [0.1, 0.15) is 27.5 Å². The average molecular weight is 362 g/mol. The molecule has 0 radical (unpaired) electrons. The smallest absolute Gasteiger partial charge is 0.355 e. The summed E-state index contributed by atoms with van der Waals surface area (Å²) in [5.41, 5.74) is 0.975. The second kappa shape index (κ2) is 8.33. The standard InChI is InChI=1S/C19H17F3N2O2/c1-23-18(26)15-10-7-13(8-11-15)9-12-16(25)24-17(19(20,21)22)14-5-3-2-4-6-14/h2-12,17H,1H3,(H,23,26)(H,24,25)/b12-9+. The Kier molecular flexibility index (Phi) is 6.16. The minimum absolute atomic E-state index is 0.0447. The first-order valence-corrected chi connectivity index (χ1v) is 7.73. The van der Waals surface area contributed by atoms with E-state index in [4.69, 9.17) is 0 Å². The third-order valence-corrected chi connectivity index (χ3v) is 3.57. The molecule has 0 aliphatic heterocycles. The summed E-state index contributed by atoms with van der Waals surface area (Å²) in [4.78, 5) is 23.3. The zero-order valence-corrected chi connectivity index (χ0v) is 13.9.